The summed E-state index contributed by atoms with van der Waals surface area (Å²) in [6.07, 6.45) is 0.910. The second-order valence-corrected chi connectivity index (χ2v) is 4.35. The smallest absolute Gasteiger partial charge is 0.318 e. The maximum absolute atomic E-state index is 11.8. The van der Waals surface area contributed by atoms with Gasteiger partial charge < -0.3 is 19.5 Å². The molecule has 1 amide bonds. The van der Waals surface area contributed by atoms with Crippen molar-refractivity contribution in [3.05, 3.63) is 5.89 Å². The van der Waals surface area contributed by atoms with Crippen molar-refractivity contribution in [1.29, 1.82) is 0 Å². The molecule has 0 unspecified atom stereocenters. The minimum absolute atomic E-state index is 0.0823. The van der Waals surface area contributed by atoms with E-state index in [1.54, 1.807) is 4.90 Å². The van der Waals surface area contributed by atoms with Gasteiger partial charge in [0.2, 0.25) is 11.8 Å². The fourth-order valence-corrected chi connectivity index (χ4v) is 1.83. The van der Waals surface area contributed by atoms with E-state index < -0.39 is 0 Å². The van der Waals surface area contributed by atoms with Crippen LogP contribution in [0.2, 0.25) is 0 Å². The number of nitrogens with zero attached hydrogens (tertiary/aromatic N) is 4. The molecule has 1 aliphatic rings. The molecule has 1 aromatic heterocycles. The first-order chi connectivity index (χ1) is 8.70. The van der Waals surface area contributed by atoms with Gasteiger partial charge in [0.05, 0.1) is 6.54 Å². The zero-order chi connectivity index (χ0) is 13.0. The Morgan fingerprint density at radius 1 is 1.39 bits per heavy atom. The molecule has 0 aromatic carbocycles. The van der Waals surface area contributed by atoms with Crippen molar-refractivity contribution in [2.24, 2.45) is 0 Å². The molecule has 0 radical (unpaired) electrons. The number of hydrogen-bond acceptors (Lipinski definition) is 6. The van der Waals surface area contributed by atoms with Crippen molar-refractivity contribution in [1.82, 2.24) is 20.4 Å². The number of aromatic nitrogens is 2. The molecule has 0 atom stereocenters. The fraction of sp³-hybridized carbons (Fsp3) is 0.727. The van der Waals surface area contributed by atoms with Crippen LogP contribution in [0.4, 0.5) is 6.01 Å². The van der Waals surface area contributed by atoms with E-state index in [1.807, 2.05) is 18.9 Å². The highest BCUT2D eigenvalue weighted by Gasteiger charge is 2.22. The summed E-state index contributed by atoms with van der Waals surface area (Å²) >= 11 is 0. The van der Waals surface area contributed by atoms with Crippen LogP contribution in [0.25, 0.3) is 0 Å². The molecule has 1 aromatic rings. The number of hydrogen-bond donors (Lipinski definition) is 1. The number of carbonyl (C=O) groups excluding carboxylic acids is 1. The lowest BCUT2D eigenvalue weighted by Crippen LogP contribution is -2.34. The van der Waals surface area contributed by atoms with E-state index >= 15 is 0 Å². The molecule has 18 heavy (non-hydrogen) atoms. The minimum Gasteiger partial charge on any atom is -0.407 e. The third-order valence-electron chi connectivity index (χ3n) is 2.93. The Kier molecular flexibility index (Phi) is 4.14. The van der Waals surface area contributed by atoms with E-state index in [0.29, 0.717) is 25.0 Å². The van der Waals surface area contributed by atoms with E-state index in [4.69, 9.17) is 4.42 Å². The van der Waals surface area contributed by atoms with Crippen LogP contribution in [0.3, 0.4) is 0 Å². The molecular formula is C11H19N5O2. The quantitative estimate of drug-likeness (QED) is 0.804. The van der Waals surface area contributed by atoms with Gasteiger partial charge in [0.1, 0.15) is 6.54 Å². The Balaban J connectivity index is 2.01. The van der Waals surface area contributed by atoms with Gasteiger partial charge in [-0.05, 0) is 13.0 Å². The van der Waals surface area contributed by atoms with Crippen molar-refractivity contribution in [2.45, 2.75) is 19.9 Å². The highest BCUT2D eigenvalue weighted by Crippen LogP contribution is 2.14. The Labute approximate surface area is 106 Å². The molecule has 0 bridgehead atoms. The maximum Gasteiger partial charge on any atom is 0.318 e. The molecule has 2 rings (SSSR count). The van der Waals surface area contributed by atoms with Crippen molar-refractivity contribution in [3.63, 3.8) is 0 Å². The van der Waals surface area contributed by atoms with Crippen molar-refractivity contribution >= 4 is 11.9 Å². The van der Waals surface area contributed by atoms with Crippen molar-refractivity contribution in [3.8, 4) is 0 Å². The summed E-state index contributed by atoms with van der Waals surface area (Å²) in [7, 11) is 1.82. The van der Waals surface area contributed by atoms with Gasteiger partial charge in [-0.1, -0.05) is 12.0 Å². The first-order valence-electron chi connectivity index (χ1n) is 6.22. The molecule has 0 aliphatic carbocycles. The highest BCUT2D eigenvalue weighted by atomic mass is 16.4. The first kappa shape index (κ1) is 12.8. The Hall–Kier alpha value is -1.63. The number of anilines is 1. The number of carbonyl (C=O) groups is 1. The van der Waals surface area contributed by atoms with Gasteiger partial charge in [-0.15, -0.1) is 5.10 Å². The second kappa shape index (κ2) is 5.81. The lowest BCUT2D eigenvalue weighted by Gasteiger charge is -2.16. The van der Waals surface area contributed by atoms with E-state index in [1.165, 1.54) is 0 Å². The summed E-state index contributed by atoms with van der Waals surface area (Å²) in [5, 5.41) is 11.1. The van der Waals surface area contributed by atoms with Crippen LogP contribution in [0, 0.1) is 0 Å². The predicted octanol–water partition coefficient (Wildman–Crippen LogP) is -0.152. The monoisotopic (exact) mass is 253 g/mol. The van der Waals surface area contributed by atoms with Crippen LogP contribution in [0.15, 0.2) is 4.42 Å². The molecule has 0 spiro atoms. The van der Waals surface area contributed by atoms with Crippen LogP contribution in [0.5, 0.6) is 0 Å². The van der Waals surface area contributed by atoms with Crippen LogP contribution in [0.1, 0.15) is 19.2 Å². The molecule has 1 fully saturated rings. The minimum atomic E-state index is 0.0823. The van der Waals surface area contributed by atoms with Gasteiger partial charge >= 0.3 is 6.01 Å². The van der Waals surface area contributed by atoms with E-state index in [-0.39, 0.29) is 5.91 Å². The van der Waals surface area contributed by atoms with Crippen molar-refractivity contribution in [2.75, 3.05) is 38.1 Å². The molecule has 0 saturated carbocycles. The summed E-state index contributed by atoms with van der Waals surface area (Å²) in [6, 6.07) is 0.437. The average molecular weight is 253 g/mol. The Morgan fingerprint density at radius 3 is 3.00 bits per heavy atom. The van der Waals surface area contributed by atoms with E-state index in [0.717, 1.165) is 26.1 Å². The topological polar surface area (TPSA) is 74.5 Å². The Bertz CT molecular complexity index is 406. The van der Waals surface area contributed by atoms with Gasteiger partial charge in [-0.2, -0.15) is 0 Å². The number of likely N-dealkylation sites (N-methyl/N-ethyl adjacent to an activating group) is 1. The number of nitrogens with one attached hydrogen (secondary N) is 1. The summed E-state index contributed by atoms with van der Waals surface area (Å²) in [5.74, 6) is 0.635. The molecular weight excluding hydrogens is 234 g/mol. The Morgan fingerprint density at radius 2 is 2.22 bits per heavy atom. The molecule has 7 heteroatoms. The average Bonchev–Trinajstić information content (AvgIpc) is 2.76. The lowest BCUT2D eigenvalue weighted by molar-refractivity contribution is -0.127. The summed E-state index contributed by atoms with van der Waals surface area (Å²) in [6.45, 7) is 5.27. The molecule has 100 valence electrons. The number of rotatable bonds is 4. The SMILES string of the molecule is CCNCc1nnc(N2CCCN(C)C(=O)C2)o1. The standard InChI is InChI=1S/C11H19N5O2/c1-3-12-7-9-13-14-11(18-9)16-6-4-5-15(2)10(17)8-16/h12H,3-8H2,1-2H3. The fourth-order valence-electron chi connectivity index (χ4n) is 1.83. The first-order valence-corrected chi connectivity index (χ1v) is 6.22. The maximum atomic E-state index is 11.8. The van der Waals surface area contributed by atoms with Gasteiger partial charge in [0, 0.05) is 20.1 Å². The van der Waals surface area contributed by atoms with E-state index in [9.17, 15) is 4.79 Å². The van der Waals surface area contributed by atoms with Crippen LogP contribution < -0.4 is 10.2 Å². The lowest BCUT2D eigenvalue weighted by atomic mass is 10.4. The summed E-state index contributed by atoms with van der Waals surface area (Å²) in [4.78, 5) is 15.3. The summed E-state index contributed by atoms with van der Waals surface area (Å²) < 4.78 is 5.53. The van der Waals surface area contributed by atoms with Gasteiger partial charge in [-0.3, -0.25) is 4.79 Å². The van der Waals surface area contributed by atoms with Crippen LogP contribution >= 0.6 is 0 Å². The van der Waals surface area contributed by atoms with Crippen LogP contribution in [-0.4, -0.2) is 54.2 Å². The summed E-state index contributed by atoms with van der Waals surface area (Å²) in [5.41, 5.74) is 0. The molecule has 1 N–H and O–H groups in total. The second-order valence-electron chi connectivity index (χ2n) is 4.35. The molecule has 1 aliphatic heterocycles. The van der Waals surface area contributed by atoms with Crippen molar-refractivity contribution < 1.29 is 9.21 Å². The van der Waals surface area contributed by atoms with E-state index in [2.05, 4.69) is 15.5 Å². The molecule has 1 saturated heterocycles. The molecule has 7 nitrogen and oxygen atoms in total. The van der Waals surface area contributed by atoms with Gasteiger partial charge in [0.15, 0.2) is 0 Å². The third kappa shape index (κ3) is 2.98. The number of amides is 1. The normalized spacial score (nSPS) is 17.1. The zero-order valence-electron chi connectivity index (χ0n) is 10.8. The van der Waals surface area contributed by atoms with Gasteiger partial charge in [-0.25, -0.2) is 0 Å². The zero-order valence-corrected chi connectivity index (χ0v) is 10.8. The highest BCUT2D eigenvalue weighted by molar-refractivity contribution is 5.80. The largest absolute Gasteiger partial charge is 0.407 e. The van der Waals surface area contributed by atoms with Crippen LogP contribution in [-0.2, 0) is 11.3 Å². The molecule has 2 heterocycles. The third-order valence-corrected chi connectivity index (χ3v) is 2.93. The predicted molar refractivity (Wildman–Crippen MR) is 66.1 cm³/mol. The van der Waals surface area contributed by atoms with Gasteiger partial charge in [0.25, 0.3) is 0 Å².